The van der Waals surface area contributed by atoms with Gasteiger partial charge in [-0.3, -0.25) is 4.68 Å². The Morgan fingerprint density at radius 2 is 2.11 bits per heavy atom. The van der Waals surface area contributed by atoms with Gasteiger partial charge in [-0.05, 0) is 13.8 Å². The van der Waals surface area contributed by atoms with E-state index in [-0.39, 0.29) is 0 Å². The highest BCUT2D eigenvalue weighted by Gasteiger charge is 2.23. The molecule has 98 valence electrons. The number of ether oxygens (including phenoxy) is 1. The Morgan fingerprint density at radius 1 is 1.33 bits per heavy atom. The maximum atomic E-state index is 10.5. The van der Waals surface area contributed by atoms with Crippen LogP contribution < -0.4 is 4.74 Å². The fraction of sp³-hybridized carbons (Fsp3) is 0.500. The van der Waals surface area contributed by atoms with Crippen molar-refractivity contribution >= 4 is 0 Å². The number of hydrogen-bond donors (Lipinski definition) is 1. The van der Waals surface area contributed by atoms with Crippen molar-refractivity contribution in [3.8, 4) is 5.75 Å². The number of nitrogens with zero attached hydrogens (tertiary/aromatic N) is 4. The van der Waals surface area contributed by atoms with Crippen LogP contribution >= 0.6 is 0 Å². The average Bonchev–Trinajstić information content (AvgIpc) is 3.03. The van der Waals surface area contributed by atoms with Gasteiger partial charge in [-0.25, -0.2) is 4.98 Å². The van der Waals surface area contributed by atoms with E-state index in [4.69, 9.17) is 4.74 Å². The Kier molecular flexibility index (Phi) is 3.66. The summed E-state index contributed by atoms with van der Waals surface area (Å²) in [5.41, 5.74) is 1.40. The summed E-state index contributed by atoms with van der Waals surface area (Å²) >= 11 is 0. The third-order valence-corrected chi connectivity index (χ3v) is 2.99. The lowest BCUT2D eigenvalue weighted by Crippen LogP contribution is -2.13. The molecule has 0 bridgehead atoms. The van der Waals surface area contributed by atoms with E-state index in [1.54, 1.807) is 30.5 Å². The Balaban J connectivity index is 2.44. The smallest absolute Gasteiger partial charge is 0.163 e. The highest BCUT2D eigenvalue weighted by atomic mass is 16.5. The van der Waals surface area contributed by atoms with Gasteiger partial charge in [-0.15, -0.1) is 0 Å². The number of aryl methyl sites for hydroxylation is 2. The molecule has 0 saturated carbocycles. The standard InChI is InChI=1S/C12H18N4O2/c1-4-15-8-13-6-9(15)12(17)11-10(18-3)7-14-16(11)5-2/h6-8,12,17H,4-5H2,1-3H3. The molecule has 18 heavy (non-hydrogen) atoms. The van der Waals surface area contributed by atoms with Gasteiger partial charge in [-0.2, -0.15) is 5.10 Å². The lowest BCUT2D eigenvalue weighted by atomic mass is 10.2. The van der Waals surface area contributed by atoms with Crippen LogP contribution in [0.4, 0.5) is 0 Å². The van der Waals surface area contributed by atoms with Gasteiger partial charge < -0.3 is 14.4 Å². The average molecular weight is 250 g/mol. The lowest BCUT2D eigenvalue weighted by Gasteiger charge is -2.15. The summed E-state index contributed by atoms with van der Waals surface area (Å²) in [6.07, 6.45) is 4.21. The predicted octanol–water partition coefficient (Wildman–Crippen LogP) is 1.21. The van der Waals surface area contributed by atoms with Gasteiger partial charge in [0.15, 0.2) is 5.75 Å². The molecule has 0 amide bonds. The van der Waals surface area contributed by atoms with E-state index in [0.717, 1.165) is 12.2 Å². The summed E-state index contributed by atoms with van der Waals surface area (Å²) in [6.45, 7) is 5.41. The lowest BCUT2D eigenvalue weighted by molar-refractivity contribution is 0.193. The summed E-state index contributed by atoms with van der Waals surface area (Å²) in [5.74, 6) is 0.591. The van der Waals surface area contributed by atoms with Crippen LogP contribution in [0, 0.1) is 0 Å². The first kappa shape index (κ1) is 12.6. The molecule has 6 heteroatoms. The molecule has 1 N–H and O–H groups in total. The van der Waals surface area contributed by atoms with Crippen LogP contribution in [0.3, 0.4) is 0 Å². The molecule has 0 fully saturated rings. The van der Waals surface area contributed by atoms with Crippen LogP contribution in [0.2, 0.25) is 0 Å². The number of rotatable bonds is 5. The molecule has 0 saturated heterocycles. The van der Waals surface area contributed by atoms with Crippen molar-refractivity contribution in [2.45, 2.75) is 33.0 Å². The van der Waals surface area contributed by atoms with Crippen molar-refractivity contribution in [3.05, 3.63) is 30.1 Å². The molecule has 2 heterocycles. The van der Waals surface area contributed by atoms with Crippen LogP contribution in [0.25, 0.3) is 0 Å². The van der Waals surface area contributed by atoms with E-state index in [1.807, 2.05) is 18.4 Å². The largest absolute Gasteiger partial charge is 0.493 e. The first-order valence-electron chi connectivity index (χ1n) is 6.00. The van der Waals surface area contributed by atoms with Crippen molar-refractivity contribution in [1.82, 2.24) is 19.3 Å². The first-order chi connectivity index (χ1) is 8.72. The molecular weight excluding hydrogens is 232 g/mol. The Morgan fingerprint density at radius 3 is 2.72 bits per heavy atom. The predicted molar refractivity (Wildman–Crippen MR) is 66.4 cm³/mol. The third-order valence-electron chi connectivity index (χ3n) is 2.99. The normalized spacial score (nSPS) is 12.7. The zero-order valence-corrected chi connectivity index (χ0v) is 10.9. The highest BCUT2D eigenvalue weighted by molar-refractivity contribution is 5.32. The molecule has 6 nitrogen and oxygen atoms in total. The zero-order valence-electron chi connectivity index (χ0n) is 10.9. The van der Waals surface area contributed by atoms with E-state index in [1.165, 1.54) is 0 Å². The Hall–Kier alpha value is -1.82. The van der Waals surface area contributed by atoms with Gasteiger partial charge in [-0.1, -0.05) is 0 Å². The second kappa shape index (κ2) is 5.22. The molecule has 0 aliphatic rings. The van der Waals surface area contributed by atoms with Crippen LogP contribution in [-0.4, -0.2) is 31.5 Å². The van der Waals surface area contributed by atoms with Crippen molar-refractivity contribution in [1.29, 1.82) is 0 Å². The van der Waals surface area contributed by atoms with Crippen LogP contribution in [0.1, 0.15) is 31.3 Å². The third kappa shape index (κ3) is 1.99. The molecule has 2 rings (SSSR count). The number of methoxy groups -OCH3 is 1. The number of aliphatic hydroxyl groups is 1. The molecule has 2 aromatic rings. The van der Waals surface area contributed by atoms with Crippen molar-refractivity contribution in [2.24, 2.45) is 0 Å². The molecule has 1 atom stereocenters. The molecular formula is C12H18N4O2. The van der Waals surface area contributed by atoms with Gasteiger partial charge in [0.1, 0.15) is 11.8 Å². The van der Waals surface area contributed by atoms with Crippen molar-refractivity contribution in [3.63, 3.8) is 0 Å². The van der Waals surface area contributed by atoms with E-state index in [9.17, 15) is 5.11 Å². The fourth-order valence-electron chi connectivity index (χ4n) is 2.03. The SMILES string of the molecule is CCn1cncc1C(O)c1c(OC)cnn1CC. The summed E-state index contributed by atoms with van der Waals surface area (Å²) in [6, 6.07) is 0. The molecule has 0 aliphatic heterocycles. The minimum Gasteiger partial charge on any atom is -0.493 e. The van der Waals surface area contributed by atoms with Crippen LogP contribution in [0.15, 0.2) is 18.7 Å². The topological polar surface area (TPSA) is 65.1 Å². The second-order valence-corrected chi connectivity index (χ2v) is 3.92. The Bertz CT molecular complexity index is 496. The Labute approximate surface area is 106 Å². The van der Waals surface area contributed by atoms with Crippen molar-refractivity contribution in [2.75, 3.05) is 7.11 Å². The van der Waals surface area contributed by atoms with Crippen LogP contribution in [-0.2, 0) is 13.1 Å². The van der Waals surface area contributed by atoms with Gasteiger partial charge in [0, 0.05) is 13.1 Å². The quantitative estimate of drug-likeness (QED) is 0.866. The van der Waals surface area contributed by atoms with E-state index < -0.39 is 6.10 Å². The minimum atomic E-state index is -0.787. The van der Waals surface area contributed by atoms with E-state index in [2.05, 4.69) is 10.1 Å². The number of imidazole rings is 1. The zero-order chi connectivity index (χ0) is 13.1. The highest BCUT2D eigenvalue weighted by Crippen LogP contribution is 2.29. The molecule has 2 aromatic heterocycles. The number of hydrogen-bond acceptors (Lipinski definition) is 4. The summed E-state index contributed by atoms with van der Waals surface area (Å²) in [7, 11) is 1.57. The fourth-order valence-corrected chi connectivity index (χ4v) is 2.03. The maximum absolute atomic E-state index is 10.5. The van der Waals surface area contributed by atoms with Gasteiger partial charge in [0.25, 0.3) is 0 Å². The minimum absolute atomic E-state index is 0.591. The molecule has 0 aliphatic carbocycles. The van der Waals surface area contributed by atoms with Gasteiger partial charge >= 0.3 is 0 Å². The summed E-state index contributed by atoms with van der Waals surface area (Å²) < 4.78 is 8.88. The molecule has 1 unspecified atom stereocenters. The second-order valence-electron chi connectivity index (χ2n) is 3.92. The van der Waals surface area contributed by atoms with Crippen LogP contribution in [0.5, 0.6) is 5.75 Å². The van der Waals surface area contributed by atoms with Crippen molar-refractivity contribution < 1.29 is 9.84 Å². The summed E-state index contributed by atoms with van der Waals surface area (Å²) in [5, 5.41) is 14.7. The number of aromatic nitrogens is 4. The van der Waals surface area contributed by atoms with Gasteiger partial charge in [0.05, 0.1) is 31.5 Å². The van der Waals surface area contributed by atoms with E-state index in [0.29, 0.717) is 18.0 Å². The first-order valence-corrected chi connectivity index (χ1v) is 6.00. The molecule has 0 aromatic carbocycles. The van der Waals surface area contributed by atoms with E-state index >= 15 is 0 Å². The molecule has 0 spiro atoms. The number of aliphatic hydroxyl groups excluding tert-OH is 1. The monoisotopic (exact) mass is 250 g/mol. The summed E-state index contributed by atoms with van der Waals surface area (Å²) in [4.78, 5) is 4.07. The molecule has 0 radical (unpaired) electrons. The maximum Gasteiger partial charge on any atom is 0.163 e. The van der Waals surface area contributed by atoms with Gasteiger partial charge in [0.2, 0.25) is 0 Å².